The van der Waals surface area contributed by atoms with Crippen molar-refractivity contribution in [3.8, 4) is 0 Å². The van der Waals surface area contributed by atoms with E-state index in [2.05, 4.69) is 0 Å². The Bertz CT molecular complexity index is 488. The van der Waals surface area contributed by atoms with Gasteiger partial charge in [-0.3, -0.25) is 4.79 Å². The first-order chi connectivity index (χ1) is 7.84. The Labute approximate surface area is 93.0 Å². The molecular weight excluding hydrogens is 204 g/mol. The number of carbonyl (C=O) groups is 1. The molecule has 82 valence electrons. The molecule has 1 unspecified atom stereocenters. The summed E-state index contributed by atoms with van der Waals surface area (Å²) >= 11 is 0. The maximum absolute atomic E-state index is 12.0. The lowest BCUT2D eigenvalue weighted by Gasteiger charge is -2.04. The van der Waals surface area contributed by atoms with Gasteiger partial charge >= 0.3 is 0 Å². The zero-order chi connectivity index (χ0) is 11.0. The maximum Gasteiger partial charge on any atom is 0.226 e. The van der Waals surface area contributed by atoms with Crippen LogP contribution in [0.25, 0.3) is 11.0 Å². The molecule has 3 nitrogen and oxygen atoms in total. The van der Waals surface area contributed by atoms with Crippen molar-refractivity contribution in [3.05, 3.63) is 36.1 Å². The largest absolute Gasteiger partial charge is 0.453 e. The molecule has 1 aromatic carbocycles. The van der Waals surface area contributed by atoms with E-state index in [1.54, 1.807) is 6.07 Å². The monoisotopic (exact) mass is 216 g/mol. The van der Waals surface area contributed by atoms with Crippen LogP contribution in [0.5, 0.6) is 0 Å². The zero-order valence-electron chi connectivity index (χ0n) is 8.81. The van der Waals surface area contributed by atoms with E-state index in [0.717, 1.165) is 23.8 Å². The number of rotatable bonds is 2. The summed E-state index contributed by atoms with van der Waals surface area (Å²) in [5.74, 6) is 0.377. The molecular formula is C13H12O3. The van der Waals surface area contributed by atoms with Gasteiger partial charge in [-0.2, -0.15) is 0 Å². The van der Waals surface area contributed by atoms with E-state index in [4.69, 9.17) is 9.15 Å². The normalized spacial score (nSPS) is 20.4. The molecule has 0 radical (unpaired) electrons. The van der Waals surface area contributed by atoms with Crippen molar-refractivity contribution >= 4 is 16.8 Å². The highest BCUT2D eigenvalue weighted by molar-refractivity contribution is 6.00. The number of carbonyl (C=O) groups excluding carboxylic acids is 1. The van der Waals surface area contributed by atoms with Crippen LogP contribution in [0, 0.1) is 0 Å². The van der Waals surface area contributed by atoms with Crippen molar-refractivity contribution in [1.82, 2.24) is 0 Å². The molecule has 16 heavy (non-hydrogen) atoms. The minimum absolute atomic E-state index is 0.0336. The van der Waals surface area contributed by atoms with Crippen LogP contribution >= 0.6 is 0 Å². The molecule has 1 atom stereocenters. The van der Waals surface area contributed by atoms with Gasteiger partial charge in [0.1, 0.15) is 11.7 Å². The van der Waals surface area contributed by atoms with Crippen LogP contribution in [-0.4, -0.2) is 18.5 Å². The summed E-state index contributed by atoms with van der Waals surface area (Å²) in [6.45, 7) is 0.677. The average Bonchev–Trinajstić information content (AvgIpc) is 2.97. The quantitative estimate of drug-likeness (QED) is 0.724. The maximum atomic E-state index is 12.0. The van der Waals surface area contributed by atoms with Crippen molar-refractivity contribution in [3.63, 3.8) is 0 Å². The van der Waals surface area contributed by atoms with Gasteiger partial charge in [-0.05, 0) is 25.0 Å². The van der Waals surface area contributed by atoms with Gasteiger partial charge in [0.2, 0.25) is 5.78 Å². The molecule has 3 heteroatoms. The molecule has 2 heterocycles. The van der Waals surface area contributed by atoms with Gasteiger partial charge in [0, 0.05) is 12.0 Å². The summed E-state index contributed by atoms with van der Waals surface area (Å²) < 4.78 is 10.9. The zero-order valence-corrected chi connectivity index (χ0v) is 8.81. The smallest absolute Gasteiger partial charge is 0.226 e. The van der Waals surface area contributed by atoms with Gasteiger partial charge < -0.3 is 9.15 Å². The Morgan fingerprint density at radius 3 is 2.94 bits per heavy atom. The topological polar surface area (TPSA) is 39.4 Å². The minimum atomic E-state index is -0.305. The fourth-order valence-corrected chi connectivity index (χ4v) is 2.05. The van der Waals surface area contributed by atoms with Crippen molar-refractivity contribution < 1.29 is 13.9 Å². The number of Topliss-reactive ketones (excluding diaryl/α,β-unsaturated/α-hetero) is 1. The first kappa shape index (κ1) is 9.60. The number of para-hydroxylation sites is 1. The number of benzene rings is 1. The number of ketones is 1. The van der Waals surface area contributed by atoms with E-state index in [-0.39, 0.29) is 11.9 Å². The molecule has 1 fully saturated rings. The first-order valence-corrected chi connectivity index (χ1v) is 5.49. The summed E-state index contributed by atoms with van der Waals surface area (Å²) in [5.41, 5.74) is 0.754. The van der Waals surface area contributed by atoms with Gasteiger partial charge in [-0.1, -0.05) is 18.2 Å². The van der Waals surface area contributed by atoms with E-state index in [1.165, 1.54) is 0 Å². The Morgan fingerprint density at radius 1 is 1.31 bits per heavy atom. The molecule has 0 amide bonds. The summed E-state index contributed by atoms with van der Waals surface area (Å²) in [6.07, 6.45) is 1.45. The highest BCUT2D eigenvalue weighted by Crippen LogP contribution is 2.23. The molecule has 1 saturated heterocycles. The second-order valence-electron chi connectivity index (χ2n) is 4.01. The number of hydrogen-bond donors (Lipinski definition) is 0. The van der Waals surface area contributed by atoms with Gasteiger partial charge in [-0.25, -0.2) is 0 Å². The van der Waals surface area contributed by atoms with Gasteiger partial charge in [0.05, 0.1) is 0 Å². The molecule has 0 N–H and O–H groups in total. The van der Waals surface area contributed by atoms with E-state index < -0.39 is 0 Å². The van der Waals surface area contributed by atoms with E-state index >= 15 is 0 Å². The van der Waals surface area contributed by atoms with Crippen molar-refractivity contribution in [2.75, 3.05) is 6.61 Å². The van der Waals surface area contributed by atoms with Crippen LogP contribution in [0.1, 0.15) is 23.4 Å². The highest BCUT2D eigenvalue weighted by Gasteiger charge is 2.27. The standard InChI is InChI=1S/C13H12O3/c14-13(11-6-3-7-15-11)12-8-9-4-1-2-5-10(9)16-12/h1-2,4-5,8,11H,3,6-7H2. The Hall–Kier alpha value is -1.61. The lowest BCUT2D eigenvalue weighted by molar-refractivity contribution is 0.0617. The summed E-state index contributed by atoms with van der Waals surface area (Å²) in [4.78, 5) is 12.0. The number of ether oxygens (including phenoxy) is 1. The van der Waals surface area contributed by atoms with Crippen LogP contribution < -0.4 is 0 Å². The Balaban J connectivity index is 1.96. The van der Waals surface area contributed by atoms with Crippen LogP contribution in [0.2, 0.25) is 0 Å². The molecule has 0 spiro atoms. The molecule has 3 rings (SSSR count). The summed E-state index contributed by atoms with van der Waals surface area (Å²) in [5, 5.41) is 0.962. The average molecular weight is 216 g/mol. The summed E-state index contributed by atoms with van der Waals surface area (Å²) in [7, 11) is 0. The van der Waals surface area contributed by atoms with E-state index in [1.807, 2.05) is 24.3 Å². The van der Waals surface area contributed by atoms with Gasteiger partial charge in [0.25, 0.3) is 0 Å². The SMILES string of the molecule is O=C(c1cc2ccccc2o1)C1CCCO1. The second-order valence-corrected chi connectivity index (χ2v) is 4.01. The molecule has 1 aromatic heterocycles. The number of furan rings is 1. The molecule has 2 aromatic rings. The number of hydrogen-bond acceptors (Lipinski definition) is 3. The van der Waals surface area contributed by atoms with Crippen molar-refractivity contribution in [2.24, 2.45) is 0 Å². The van der Waals surface area contributed by atoms with E-state index in [0.29, 0.717) is 12.4 Å². The molecule has 0 saturated carbocycles. The second kappa shape index (κ2) is 3.76. The third-order valence-electron chi connectivity index (χ3n) is 2.89. The first-order valence-electron chi connectivity index (χ1n) is 5.49. The van der Waals surface area contributed by atoms with Gasteiger partial charge in [0.15, 0.2) is 5.76 Å². The molecule has 1 aliphatic rings. The van der Waals surface area contributed by atoms with Crippen molar-refractivity contribution in [1.29, 1.82) is 0 Å². The highest BCUT2D eigenvalue weighted by atomic mass is 16.5. The summed E-state index contributed by atoms with van der Waals surface area (Å²) in [6, 6.07) is 9.41. The van der Waals surface area contributed by atoms with Crippen LogP contribution in [0.15, 0.2) is 34.7 Å². The molecule has 0 aliphatic carbocycles. The predicted octanol–water partition coefficient (Wildman–Crippen LogP) is 2.79. The van der Waals surface area contributed by atoms with Crippen molar-refractivity contribution in [2.45, 2.75) is 18.9 Å². The third kappa shape index (κ3) is 1.53. The third-order valence-corrected chi connectivity index (χ3v) is 2.89. The Kier molecular flexibility index (Phi) is 2.26. The van der Waals surface area contributed by atoms with Crippen LogP contribution in [-0.2, 0) is 4.74 Å². The van der Waals surface area contributed by atoms with Crippen LogP contribution in [0.3, 0.4) is 0 Å². The number of fused-ring (bicyclic) bond motifs is 1. The fraction of sp³-hybridized carbons (Fsp3) is 0.308. The predicted molar refractivity (Wildman–Crippen MR) is 59.5 cm³/mol. The fourth-order valence-electron chi connectivity index (χ4n) is 2.05. The molecule has 0 bridgehead atoms. The van der Waals surface area contributed by atoms with Crippen LogP contribution in [0.4, 0.5) is 0 Å². The van der Waals surface area contributed by atoms with Gasteiger partial charge in [-0.15, -0.1) is 0 Å². The lowest BCUT2D eigenvalue weighted by Crippen LogP contribution is -2.18. The lowest BCUT2D eigenvalue weighted by atomic mass is 10.1. The molecule has 1 aliphatic heterocycles. The Morgan fingerprint density at radius 2 is 2.19 bits per heavy atom. The minimum Gasteiger partial charge on any atom is -0.453 e. The van der Waals surface area contributed by atoms with E-state index in [9.17, 15) is 4.79 Å².